The number of fused-ring (bicyclic) bond motifs is 5. The van der Waals surface area contributed by atoms with Crippen molar-refractivity contribution >= 4 is 17.2 Å². The minimum Gasteiger partial charge on any atom is -0.0836 e. The van der Waals surface area contributed by atoms with Crippen molar-refractivity contribution in [2.24, 2.45) is 0 Å². The van der Waals surface area contributed by atoms with Gasteiger partial charge in [-0.25, -0.2) is 0 Å². The molecule has 6 rings (SSSR count). The normalized spacial score (nSPS) is 16.1. The highest BCUT2D eigenvalue weighted by Crippen LogP contribution is 2.55. The van der Waals surface area contributed by atoms with Gasteiger partial charge in [0.1, 0.15) is 0 Å². The molecule has 0 saturated carbocycles. The average Bonchev–Trinajstić information content (AvgIpc) is 3.07. The monoisotopic (exact) mass is 360 g/mol. The molecule has 0 N–H and O–H groups in total. The van der Waals surface area contributed by atoms with E-state index in [9.17, 15) is 0 Å². The molecule has 0 heteroatoms. The van der Waals surface area contributed by atoms with E-state index in [-0.39, 0.29) is 0 Å². The van der Waals surface area contributed by atoms with Crippen LogP contribution in [0, 0.1) is 13.8 Å². The van der Waals surface area contributed by atoms with E-state index < -0.39 is 0 Å². The number of aryl methyl sites for hydroxylation is 1. The first kappa shape index (κ1) is 16.1. The van der Waals surface area contributed by atoms with Crippen molar-refractivity contribution in [2.75, 3.05) is 0 Å². The van der Waals surface area contributed by atoms with E-state index in [2.05, 4.69) is 74.5 Å². The SMILES string of the molecule is Cc1ccc2c(c1)C1=C(c3ccccc3)CCc3c(C)c4c(c-2c31)C=CCC4. The van der Waals surface area contributed by atoms with E-state index in [1.165, 1.54) is 62.9 Å². The van der Waals surface area contributed by atoms with Gasteiger partial charge in [0.25, 0.3) is 0 Å². The third-order valence-electron chi connectivity index (χ3n) is 6.91. The summed E-state index contributed by atoms with van der Waals surface area (Å²) in [5, 5.41) is 0. The maximum Gasteiger partial charge on any atom is -0.00206 e. The summed E-state index contributed by atoms with van der Waals surface area (Å²) < 4.78 is 0. The van der Waals surface area contributed by atoms with E-state index in [0.29, 0.717) is 0 Å². The van der Waals surface area contributed by atoms with Crippen LogP contribution in [0.4, 0.5) is 0 Å². The fraction of sp³-hybridized carbons (Fsp3) is 0.214. The Labute approximate surface area is 167 Å². The molecule has 0 saturated heterocycles. The smallest absolute Gasteiger partial charge is 0.00206 e. The van der Waals surface area contributed by atoms with Gasteiger partial charge in [-0.15, -0.1) is 0 Å². The third kappa shape index (κ3) is 2.06. The van der Waals surface area contributed by atoms with Crippen molar-refractivity contribution in [1.29, 1.82) is 0 Å². The van der Waals surface area contributed by atoms with Gasteiger partial charge in [-0.2, -0.15) is 0 Å². The van der Waals surface area contributed by atoms with E-state index in [1.807, 2.05) is 0 Å². The third-order valence-corrected chi connectivity index (χ3v) is 6.91. The van der Waals surface area contributed by atoms with Crippen LogP contribution in [0.15, 0.2) is 54.6 Å². The summed E-state index contributed by atoms with van der Waals surface area (Å²) in [7, 11) is 0. The van der Waals surface area contributed by atoms with Gasteiger partial charge in [-0.3, -0.25) is 0 Å². The summed E-state index contributed by atoms with van der Waals surface area (Å²) in [4.78, 5) is 0. The van der Waals surface area contributed by atoms with Gasteiger partial charge >= 0.3 is 0 Å². The highest BCUT2D eigenvalue weighted by atomic mass is 14.4. The Morgan fingerprint density at radius 3 is 2.46 bits per heavy atom. The summed E-state index contributed by atoms with van der Waals surface area (Å²) in [6, 6.07) is 18.1. The quantitative estimate of drug-likeness (QED) is 0.338. The first-order valence-corrected chi connectivity index (χ1v) is 10.5. The minimum absolute atomic E-state index is 1.13. The molecule has 3 aliphatic rings. The van der Waals surface area contributed by atoms with Gasteiger partial charge in [0, 0.05) is 0 Å². The van der Waals surface area contributed by atoms with Crippen LogP contribution in [-0.4, -0.2) is 0 Å². The zero-order valence-corrected chi connectivity index (χ0v) is 16.6. The molecule has 0 heterocycles. The Bertz CT molecular complexity index is 1200. The van der Waals surface area contributed by atoms with Crippen molar-refractivity contribution in [1.82, 2.24) is 0 Å². The van der Waals surface area contributed by atoms with Gasteiger partial charge in [0.2, 0.25) is 0 Å². The fourth-order valence-corrected chi connectivity index (χ4v) is 5.65. The van der Waals surface area contributed by atoms with E-state index >= 15 is 0 Å². The molecule has 0 nitrogen and oxygen atoms in total. The van der Waals surface area contributed by atoms with Crippen LogP contribution >= 0.6 is 0 Å². The summed E-state index contributed by atoms with van der Waals surface area (Å²) in [6.07, 6.45) is 9.40. The lowest BCUT2D eigenvalue weighted by molar-refractivity contribution is 0.930. The molecule has 3 aromatic carbocycles. The number of rotatable bonds is 1. The van der Waals surface area contributed by atoms with Gasteiger partial charge in [-0.05, 0) is 101 Å². The van der Waals surface area contributed by atoms with Crippen LogP contribution in [0.2, 0.25) is 0 Å². The molecule has 0 fully saturated rings. The van der Waals surface area contributed by atoms with Crippen molar-refractivity contribution in [3.63, 3.8) is 0 Å². The maximum absolute atomic E-state index is 2.41. The molecular weight excluding hydrogens is 336 g/mol. The van der Waals surface area contributed by atoms with Crippen LogP contribution in [0.25, 0.3) is 28.3 Å². The molecule has 0 spiro atoms. The van der Waals surface area contributed by atoms with E-state index in [4.69, 9.17) is 0 Å². The lowest BCUT2D eigenvalue weighted by atomic mass is 9.76. The van der Waals surface area contributed by atoms with Crippen LogP contribution in [0.5, 0.6) is 0 Å². The molecule has 0 aromatic heterocycles. The molecule has 0 atom stereocenters. The van der Waals surface area contributed by atoms with Crippen LogP contribution in [0.3, 0.4) is 0 Å². The number of benzene rings is 3. The molecule has 0 radical (unpaired) electrons. The highest BCUT2D eigenvalue weighted by molar-refractivity contribution is 6.14. The molecule has 28 heavy (non-hydrogen) atoms. The van der Waals surface area contributed by atoms with Gasteiger partial charge in [-0.1, -0.05) is 66.2 Å². The van der Waals surface area contributed by atoms with E-state index in [0.717, 1.165) is 12.8 Å². The van der Waals surface area contributed by atoms with E-state index in [1.54, 1.807) is 16.7 Å². The lowest BCUT2D eigenvalue weighted by Crippen LogP contribution is -2.10. The Kier molecular flexibility index (Phi) is 3.35. The number of allylic oxidation sites excluding steroid dienone is 2. The zero-order chi connectivity index (χ0) is 18.8. The second-order valence-corrected chi connectivity index (χ2v) is 8.46. The Balaban J connectivity index is 1.79. The van der Waals surface area contributed by atoms with Gasteiger partial charge < -0.3 is 0 Å². The molecule has 3 aromatic rings. The summed E-state index contributed by atoms with van der Waals surface area (Å²) >= 11 is 0. The lowest BCUT2D eigenvalue weighted by Gasteiger charge is -2.27. The zero-order valence-electron chi connectivity index (χ0n) is 16.6. The molecule has 0 aliphatic heterocycles. The van der Waals surface area contributed by atoms with Gasteiger partial charge in [0.15, 0.2) is 0 Å². The Morgan fingerprint density at radius 1 is 0.750 bits per heavy atom. The molecule has 3 aliphatic carbocycles. The summed E-state index contributed by atoms with van der Waals surface area (Å²) in [5.41, 5.74) is 17.9. The first-order chi connectivity index (χ1) is 13.7. The van der Waals surface area contributed by atoms with Crippen LogP contribution in [-0.2, 0) is 12.8 Å². The Morgan fingerprint density at radius 2 is 1.61 bits per heavy atom. The summed E-state index contributed by atoms with van der Waals surface area (Å²) in [6.45, 7) is 4.59. The predicted molar refractivity (Wildman–Crippen MR) is 119 cm³/mol. The van der Waals surface area contributed by atoms with Crippen molar-refractivity contribution in [3.8, 4) is 11.1 Å². The predicted octanol–water partition coefficient (Wildman–Crippen LogP) is 7.15. The summed E-state index contributed by atoms with van der Waals surface area (Å²) in [5.74, 6) is 0. The maximum atomic E-state index is 2.41. The second kappa shape index (κ2) is 5.82. The second-order valence-electron chi connectivity index (χ2n) is 8.46. The van der Waals surface area contributed by atoms with Crippen LogP contribution in [0.1, 0.15) is 57.3 Å². The average molecular weight is 361 g/mol. The number of hydrogen-bond donors (Lipinski definition) is 0. The number of hydrogen-bond acceptors (Lipinski definition) is 0. The van der Waals surface area contributed by atoms with Crippen molar-refractivity contribution in [3.05, 3.63) is 99.1 Å². The standard InChI is InChI=1S/C28H24/c1-17-12-13-24-25(16-17)26-22(19-8-4-3-5-9-19)15-14-21-18(2)20-10-6-7-11-23(20)27(24)28(21)26/h3-5,7-9,11-13,16H,6,10,14-15H2,1-2H3. The molecular formula is C28H24. The van der Waals surface area contributed by atoms with Crippen molar-refractivity contribution < 1.29 is 0 Å². The first-order valence-electron chi connectivity index (χ1n) is 10.5. The largest absolute Gasteiger partial charge is 0.0836 e. The fourth-order valence-electron chi connectivity index (χ4n) is 5.65. The minimum atomic E-state index is 1.13. The molecule has 0 bridgehead atoms. The Hall–Kier alpha value is -2.86. The topological polar surface area (TPSA) is 0 Å². The molecule has 0 unspecified atom stereocenters. The highest BCUT2D eigenvalue weighted by Gasteiger charge is 2.35. The molecule has 136 valence electrons. The molecule has 0 amide bonds. The van der Waals surface area contributed by atoms with Crippen molar-refractivity contribution in [2.45, 2.75) is 39.5 Å². The van der Waals surface area contributed by atoms with Crippen LogP contribution < -0.4 is 0 Å². The van der Waals surface area contributed by atoms with Gasteiger partial charge in [0.05, 0.1) is 0 Å².